The molecule has 0 atom stereocenters. The van der Waals surface area contributed by atoms with Crippen LogP contribution in [0.15, 0.2) is 22.1 Å². The first kappa shape index (κ1) is 14.5. The van der Waals surface area contributed by atoms with Gasteiger partial charge in [-0.3, -0.25) is 9.40 Å². The van der Waals surface area contributed by atoms with Crippen molar-refractivity contribution in [3.8, 4) is 0 Å². The lowest BCUT2D eigenvalue weighted by Crippen LogP contribution is -2.15. The number of anilines is 1. The summed E-state index contributed by atoms with van der Waals surface area (Å²) in [5.41, 5.74) is 0.956. The number of carbonyl (C=O) groups is 1. The molecule has 2 aromatic rings. The second-order valence-corrected chi connectivity index (χ2v) is 6.93. The lowest BCUT2D eigenvalue weighted by atomic mass is 10.4. The molecule has 0 unspecified atom stereocenters. The topological polar surface area (TPSA) is 114 Å². The normalized spacial score (nSPS) is 11.8. The zero-order valence-electron chi connectivity index (χ0n) is 10.6. The van der Waals surface area contributed by atoms with Crippen LogP contribution in [0.1, 0.15) is 30.4 Å². The molecule has 8 nitrogen and oxygen atoms in total. The fourth-order valence-electron chi connectivity index (χ4n) is 1.44. The average Bonchev–Trinajstić information content (AvgIpc) is 2.95. The van der Waals surface area contributed by atoms with Crippen LogP contribution in [0.4, 0.5) is 5.69 Å². The van der Waals surface area contributed by atoms with Crippen LogP contribution in [-0.4, -0.2) is 34.3 Å². The average molecular weight is 316 g/mol. The number of carboxylic acid groups (broad SMARTS) is 1. The molecule has 10 heteroatoms. The molecular formula is C10H12N4O4S2. The Hall–Kier alpha value is -1.94. The smallest absolute Gasteiger partial charge is 0.356 e. The Bertz CT molecular complexity index is 732. The molecule has 0 saturated carbocycles. The summed E-state index contributed by atoms with van der Waals surface area (Å²) in [6.45, 7) is 3.80. The first-order valence-electron chi connectivity index (χ1n) is 5.55. The van der Waals surface area contributed by atoms with Gasteiger partial charge < -0.3 is 5.11 Å². The summed E-state index contributed by atoms with van der Waals surface area (Å²) in [6.07, 6.45) is 2.89. The molecule has 2 aromatic heterocycles. The minimum atomic E-state index is -3.99. The highest BCUT2D eigenvalue weighted by Crippen LogP contribution is 2.23. The van der Waals surface area contributed by atoms with E-state index in [1.807, 2.05) is 13.8 Å². The van der Waals surface area contributed by atoms with Gasteiger partial charge in [0.1, 0.15) is 0 Å². The quantitative estimate of drug-likeness (QED) is 0.862. The zero-order chi connectivity index (χ0) is 14.9. The Morgan fingerprint density at radius 1 is 1.50 bits per heavy atom. The van der Waals surface area contributed by atoms with Gasteiger partial charge in [0.2, 0.25) is 0 Å². The largest absolute Gasteiger partial charge is 0.476 e. The van der Waals surface area contributed by atoms with Crippen LogP contribution in [0, 0.1) is 0 Å². The summed E-state index contributed by atoms with van der Waals surface area (Å²) >= 11 is 0.748. The minimum Gasteiger partial charge on any atom is -0.476 e. The Morgan fingerprint density at radius 2 is 2.20 bits per heavy atom. The van der Waals surface area contributed by atoms with Crippen LogP contribution >= 0.6 is 11.3 Å². The van der Waals surface area contributed by atoms with E-state index in [1.165, 1.54) is 17.9 Å². The number of carboxylic acids is 1. The highest BCUT2D eigenvalue weighted by molar-refractivity contribution is 7.94. The molecule has 0 radical (unpaired) electrons. The number of sulfonamides is 1. The molecule has 2 N–H and O–H groups in total. The predicted molar refractivity (Wildman–Crippen MR) is 72.5 cm³/mol. The van der Waals surface area contributed by atoms with Gasteiger partial charge >= 0.3 is 5.97 Å². The molecule has 20 heavy (non-hydrogen) atoms. The predicted octanol–water partition coefficient (Wildman–Crippen LogP) is 1.42. The van der Waals surface area contributed by atoms with Crippen molar-refractivity contribution in [2.45, 2.75) is 24.1 Å². The van der Waals surface area contributed by atoms with E-state index >= 15 is 0 Å². The number of aromatic nitrogens is 3. The summed E-state index contributed by atoms with van der Waals surface area (Å²) < 4.78 is 27.8. The maximum atomic E-state index is 12.1. The van der Waals surface area contributed by atoms with Crippen LogP contribution in [-0.2, 0) is 10.0 Å². The van der Waals surface area contributed by atoms with E-state index in [1.54, 1.807) is 4.68 Å². The molecule has 0 spiro atoms. The number of rotatable bonds is 5. The number of aromatic carboxylic acids is 1. The molecule has 0 aliphatic heterocycles. The van der Waals surface area contributed by atoms with E-state index in [2.05, 4.69) is 14.8 Å². The molecule has 0 amide bonds. The zero-order valence-corrected chi connectivity index (χ0v) is 12.3. The first-order valence-corrected chi connectivity index (χ1v) is 7.91. The third-order valence-electron chi connectivity index (χ3n) is 2.36. The van der Waals surface area contributed by atoms with Crippen molar-refractivity contribution < 1.29 is 18.3 Å². The van der Waals surface area contributed by atoms with Crippen molar-refractivity contribution in [1.29, 1.82) is 0 Å². The van der Waals surface area contributed by atoms with Crippen molar-refractivity contribution >= 4 is 33.0 Å². The van der Waals surface area contributed by atoms with Crippen molar-refractivity contribution in [2.75, 3.05) is 4.72 Å². The van der Waals surface area contributed by atoms with Crippen LogP contribution in [0.3, 0.4) is 0 Å². The summed E-state index contributed by atoms with van der Waals surface area (Å²) in [7, 11) is -3.99. The van der Waals surface area contributed by atoms with E-state index in [0.29, 0.717) is 0 Å². The van der Waals surface area contributed by atoms with Crippen LogP contribution in [0.25, 0.3) is 0 Å². The van der Waals surface area contributed by atoms with Gasteiger partial charge in [0.05, 0.1) is 17.4 Å². The first-order chi connectivity index (χ1) is 9.31. The molecule has 0 bridgehead atoms. The highest BCUT2D eigenvalue weighted by atomic mass is 32.2. The van der Waals surface area contributed by atoms with E-state index < -0.39 is 21.7 Å². The highest BCUT2D eigenvalue weighted by Gasteiger charge is 2.26. The van der Waals surface area contributed by atoms with E-state index in [4.69, 9.17) is 5.11 Å². The van der Waals surface area contributed by atoms with Gasteiger partial charge in [-0.1, -0.05) is 0 Å². The number of nitrogens with one attached hydrogen (secondary N) is 1. The van der Waals surface area contributed by atoms with Crippen LogP contribution < -0.4 is 4.72 Å². The second kappa shape index (κ2) is 5.21. The number of hydrogen-bond acceptors (Lipinski definition) is 6. The molecular weight excluding hydrogens is 304 g/mol. The van der Waals surface area contributed by atoms with Crippen molar-refractivity contribution in [1.82, 2.24) is 14.8 Å². The number of hydrogen-bond donors (Lipinski definition) is 2. The molecule has 0 aliphatic rings. The van der Waals surface area contributed by atoms with Crippen molar-refractivity contribution in [2.24, 2.45) is 0 Å². The van der Waals surface area contributed by atoms with Crippen molar-refractivity contribution in [3.05, 3.63) is 23.6 Å². The summed E-state index contributed by atoms with van der Waals surface area (Å²) in [5, 5.41) is 12.9. The van der Waals surface area contributed by atoms with Crippen LogP contribution in [0.5, 0.6) is 0 Å². The van der Waals surface area contributed by atoms with Gasteiger partial charge in [-0.05, 0) is 13.8 Å². The third kappa shape index (κ3) is 2.80. The van der Waals surface area contributed by atoms with Gasteiger partial charge in [0.15, 0.2) is 9.90 Å². The maximum absolute atomic E-state index is 12.1. The van der Waals surface area contributed by atoms with Gasteiger partial charge in [-0.25, -0.2) is 18.2 Å². The maximum Gasteiger partial charge on any atom is 0.356 e. The monoisotopic (exact) mass is 316 g/mol. The Balaban J connectivity index is 2.31. The molecule has 0 fully saturated rings. The lowest BCUT2D eigenvalue weighted by molar-refractivity contribution is 0.0687. The van der Waals surface area contributed by atoms with E-state index in [9.17, 15) is 13.2 Å². The fraction of sp³-hybridized carbons (Fsp3) is 0.300. The summed E-state index contributed by atoms with van der Waals surface area (Å²) in [4.78, 5) is 14.4. The molecule has 0 aliphatic carbocycles. The minimum absolute atomic E-state index is 0.0891. The number of thiazole rings is 1. The lowest BCUT2D eigenvalue weighted by Gasteiger charge is -2.05. The Morgan fingerprint density at radius 3 is 2.75 bits per heavy atom. The van der Waals surface area contributed by atoms with E-state index in [0.717, 1.165) is 11.3 Å². The Labute approximate surface area is 119 Å². The van der Waals surface area contributed by atoms with Gasteiger partial charge in [-0.15, -0.1) is 11.3 Å². The standard InChI is InChI=1S/C10H12N4O4S2/c1-6(2)14-4-7(3-12-14)13-20(17,18)10-8(9(15)16)11-5-19-10/h3-6,13H,1-2H3,(H,15,16). The van der Waals surface area contributed by atoms with Gasteiger partial charge in [0.25, 0.3) is 10.0 Å². The Kier molecular flexibility index (Phi) is 3.77. The molecule has 2 heterocycles. The fourth-order valence-corrected chi connectivity index (χ4v) is 3.61. The summed E-state index contributed by atoms with van der Waals surface area (Å²) in [6, 6.07) is 0.0891. The summed E-state index contributed by atoms with van der Waals surface area (Å²) in [5.74, 6) is -1.38. The van der Waals surface area contributed by atoms with Crippen molar-refractivity contribution in [3.63, 3.8) is 0 Å². The van der Waals surface area contributed by atoms with E-state index in [-0.39, 0.29) is 15.9 Å². The molecule has 0 saturated heterocycles. The molecule has 2 rings (SSSR count). The third-order valence-corrected chi connectivity index (χ3v) is 5.12. The van der Waals surface area contributed by atoms with Gasteiger partial charge in [0, 0.05) is 12.2 Å². The second-order valence-electron chi connectivity index (χ2n) is 4.20. The molecule has 108 valence electrons. The SMILES string of the molecule is CC(C)n1cc(NS(=O)(=O)c2scnc2C(=O)O)cn1. The van der Waals surface area contributed by atoms with Gasteiger partial charge in [-0.2, -0.15) is 5.10 Å². The number of nitrogens with zero attached hydrogens (tertiary/aromatic N) is 3. The van der Waals surface area contributed by atoms with Crippen LogP contribution in [0.2, 0.25) is 0 Å². The molecule has 0 aromatic carbocycles.